The molecule has 0 spiro atoms. The zero-order valence-electron chi connectivity index (χ0n) is 13.9. The summed E-state index contributed by atoms with van der Waals surface area (Å²) in [5.74, 6) is 1.75. The van der Waals surface area contributed by atoms with E-state index in [1.54, 1.807) is 7.11 Å². The van der Waals surface area contributed by atoms with Gasteiger partial charge in [0.2, 0.25) is 0 Å². The van der Waals surface area contributed by atoms with Crippen LogP contribution in [-0.4, -0.2) is 49.5 Å². The maximum absolute atomic E-state index is 5.54. The molecule has 0 bridgehead atoms. The highest BCUT2D eigenvalue weighted by Gasteiger charge is 2.25. The fraction of sp³-hybridized carbons (Fsp3) is 0.812. The van der Waals surface area contributed by atoms with Gasteiger partial charge >= 0.3 is 0 Å². The van der Waals surface area contributed by atoms with Crippen molar-refractivity contribution in [2.24, 2.45) is 5.92 Å². The van der Waals surface area contributed by atoms with Crippen molar-refractivity contribution in [3.05, 3.63) is 11.9 Å². The summed E-state index contributed by atoms with van der Waals surface area (Å²) in [6.07, 6.45) is 8.54. The van der Waals surface area contributed by atoms with Crippen molar-refractivity contribution in [3.8, 4) is 5.75 Å². The molecule has 120 valence electrons. The largest absolute Gasteiger partial charge is 0.493 e. The first-order valence-electron chi connectivity index (χ1n) is 8.07. The molecule has 0 radical (unpaired) electrons. The Morgan fingerprint density at radius 2 is 2.14 bits per heavy atom. The molecule has 1 aromatic heterocycles. The van der Waals surface area contributed by atoms with Crippen LogP contribution in [0.15, 0.2) is 6.20 Å². The molecule has 1 unspecified atom stereocenters. The van der Waals surface area contributed by atoms with Gasteiger partial charge in [0.15, 0.2) is 5.75 Å². The van der Waals surface area contributed by atoms with Crippen LogP contribution >= 0.6 is 0 Å². The molecule has 1 aliphatic carbocycles. The van der Waals surface area contributed by atoms with Gasteiger partial charge in [0.25, 0.3) is 0 Å². The molecule has 5 nitrogen and oxygen atoms in total. The average molecular weight is 294 g/mol. The van der Waals surface area contributed by atoms with Crippen LogP contribution in [0.5, 0.6) is 5.75 Å². The van der Waals surface area contributed by atoms with Crippen LogP contribution in [0.4, 0.5) is 0 Å². The fourth-order valence-electron chi connectivity index (χ4n) is 3.31. The number of likely N-dealkylation sites (N-methyl/N-ethyl adjacent to an activating group) is 1. The minimum atomic E-state index is 0.327. The van der Waals surface area contributed by atoms with E-state index in [1.165, 1.54) is 37.8 Å². The summed E-state index contributed by atoms with van der Waals surface area (Å²) in [5, 5.41) is 8.01. The Hall–Kier alpha value is -1.07. The SMILES string of the molecule is CNC(CC1CCCC1)c1c(OC)cnn1CCN(C)C. The van der Waals surface area contributed by atoms with Crippen LogP contribution in [0.2, 0.25) is 0 Å². The molecule has 1 atom stereocenters. The van der Waals surface area contributed by atoms with Gasteiger partial charge in [-0.2, -0.15) is 5.10 Å². The van der Waals surface area contributed by atoms with Crippen molar-refractivity contribution in [1.82, 2.24) is 20.0 Å². The molecule has 0 aromatic carbocycles. The highest BCUT2D eigenvalue weighted by Crippen LogP contribution is 2.35. The van der Waals surface area contributed by atoms with Crippen molar-refractivity contribution in [2.45, 2.75) is 44.7 Å². The van der Waals surface area contributed by atoms with Crippen LogP contribution in [0.1, 0.15) is 43.8 Å². The van der Waals surface area contributed by atoms with Gasteiger partial charge in [0.1, 0.15) is 0 Å². The Balaban J connectivity index is 2.14. The number of nitrogens with zero attached hydrogens (tertiary/aromatic N) is 3. The second-order valence-corrected chi connectivity index (χ2v) is 6.35. The van der Waals surface area contributed by atoms with E-state index < -0.39 is 0 Å². The quantitative estimate of drug-likeness (QED) is 0.799. The molecule has 1 fully saturated rings. The lowest BCUT2D eigenvalue weighted by atomic mass is 9.96. The molecular weight excluding hydrogens is 264 g/mol. The van der Waals surface area contributed by atoms with Crippen molar-refractivity contribution < 1.29 is 4.74 Å². The smallest absolute Gasteiger partial charge is 0.161 e. The molecule has 21 heavy (non-hydrogen) atoms. The second kappa shape index (κ2) is 7.80. The van der Waals surface area contributed by atoms with Gasteiger partial charge in [0, 0.05) is 6.54 Å². The number of aromatic nitrogens is 2. The number of ether oxygens (including phenoxy) is 1. The molecular formula is C16H30N4O. The Labute approximate surface area is 128 Å². The number of hydrogen-bond donors (Lipinski definition) is 1. The van der Waals surface area contributed by atoms with Crippen LogP contribution in [0, 0.1) is 5.92 Å². The predicted molar refractivity (Wildman–Crippen MR) is 85.7 cm³/mol. The molecule has 1 heterocycles. The first-order valence-corrected chi connectivity index (χ1v) is 8.07. The zero-order valence-corrected chi connectivity index (χ0v) is 13.9. The van der Waals surface area contributed by atoms with E-state index in [1.807, 2.05) is 13.2 Å². The monoisotopic (exact) mass is 294 g/mol. The van der Waals surface area contributed by atoms with E-state index in [4.69, 9.17) is 4.74 Å². The summed E-state index contributed by atoms with van der Waals surface area (Å²) in [4.78, 5) is 2.18. The Kier molecular flexibility index (Phi) is 6.06. The summed E-state index contributed by atoms with van der Waals surface area (Å²) < 4.78 is 7.65. The molecule has 5 heteroatoms. The minimum absolute atomic E-state index is 0.327. The highest BCUT2D eigenvalue weighted by molar-refractivity contribution is 5.28. The lowest BCUT2D eigenvalue weighted by molar-refractivity contribution is 0.339. The van der Waals surface area contributed by atoms with Crippen LogP contribution in [0.3, 0.4) is 0 Å². The molecule has 0 aliphatic heterocycles. The Morgan fingerprint density at radius 1 is 1.43 bits per heavy atom. The van der Waals surface area contributed by atoms with E-state index in [-0.39, 0.29) is 0 Å². The number of hydrogen-bond acceptors (Lipinski definition) is 4. The van der Waals surface area contributed by atoms with Crippen molar-refractivity contribution in [3.63, 3.8) is 0 Å². The summed E-state index contributed by atoms with van der Waals surface area (Å²) in [6, 6.07) is 0.327. The van der Waals surface area contributed by atoms with Gasteiger partial charge in [0.05, 0.1) is 31.6 Å². The maximum Gasteiger partial charge on any atom is 0.161 e. The lowest BCUT2D eigenvalue weighted by Gasteiger charge is -2.23. The number of rotatable bonds is 8. The maximum atomic E-state index is 5.54. The van der Waals surface area contributed by atoms with E-state index in [2.05, 4.69) is 34.1 Å². The third-order valence-electron chi connectivity index (χ3n) is 4.55. The fourth-order valence-corrected chi connectivity index (χ4v) is 3.31. The minimum Gasteiger partial charge on any atom is -0.493 e. The first kappa shape index (κ1) is 16.3. The zero-order chi connectivity index (χ0) is 15.2. The average Bonchev–Trinajstić information content (AvgIpc) is 3.11. The number of nitrogens with one attached hydrogen (secondary N) is 1. The molecule has 0 saturated heterocycles. The Bertz CT molecular complexity index is 424. The van der Waals surface area contributed by atoms with E-state index in [9.17, 15) is 0 Å². The number of methoxy groups -OCH3 is 1. The molecule has 1 aromatic rings. The van der Waals surface area contributed by atoms with E-state index in [0.29, 0.717) is 6.04 Å². The third kappa shape index (κ3) is 4.20. The summed E-state index contributed by atoms with van der Waals surface area (Å²) >= 11 is 0. The molecule has 0 amide bonds. The van der Waals surface area contributed by atoms with Gasteiger partial charge in [-0.15, -0.1) is 0 Å². The molecule has 1 N–H and O–H groups in total. The molecule has 2 rings (SSSR count). The van der Waals surface area contributed by atoms with Gasteiger partial charge in [-0.25, -0.2) is 0 Å². The van der Waals surface area contributed by atoms with E-state index >= 15 is 0 Å². The van der Waals surface area contributed by atoms with Crippen LogP contribution in [-0.2, 0) is 6.54 Å². The summed E-state index contributed by atoms with van der Waals surface area (Å²) in [5.41, 5.74) is 1.20. The highest BCUT2D eigenvalue weighted by atomic mass is 16.5. The van der Waals surface area contributed by atoms with Crippen molar-refractivity contribution in [2.75, 3.05) is 34.8 Å². The Morgan fingerprint density at radius 3 is 2.71 bits per heavy atom. The van der Waals surface area contributed by atoms with Gasteiger partial charge in [-0.05, 0) is 33.5 Å². The normalized spacial score (nSPS) is 17.6. The molecule has 1 saturated carbocycles. The molecule has 1 aliphatic rings. The second-order valence-electron chi connectivity index (χ2n) is 6.35. The summed E-state index contributed by atoms with van der Waals surface area (Å²) in [7, 11) is 7.96. The van der Waals surface area contributed by atoms with E-state index in [0.717, 1.165) is 24.8 Å². The lowest BCUT2D eigenvalue weighted by Crippen LogP contribution is -2.26. The third-order valence-corrected chi connectivity index (χ3v) is 4.55. The standard InChI is InChI=1S/C16H30N4O/c1-17-14(11-13-7-5-6-8-13)16-15(21-4)12-18-20(16)10-9-19(2)3/h12-14,17H,5-11H2,1-4H3. The van der Waals surface area contributed by atoms with Crippen molar-refractivity contribution in [1.29, 1.82) is 0 Å². The van der Waals surface area contributed by atoms with Gasteiger partial charge < -0.3 is 15.0 Å². The van der Waals surface area contributed by atoms with Crippen molar-refractivity contribution >= 4 is 0 Å². The van der Waals surface area contributed by atoms with Crippen LogP contribution < -0.4 is 10.1 Å². The van der Waals surface area contributed by atoms with Crippen LogP contribution in [0.25, 0.3) is 0 Å². The summed E-state index contributed by atoms with van der Waals surface area (Å²) in [6.45, 7) is 1.88. The van der Waals surface area contributed by atoms with Gasteiger partial charge in [-0.1, -0.05) is 25.7 Å². The topological polar surface area (TPSA) is 42.3 Å². The van der Waals surface area contributed by atoms with Gasteiger partial charge in [-0.3, -0.25) is 4.68 Å². The predicted octanol–water partition coefficient (Wildman–Crippen LogP) is 2.29. The first-order chi connectivity index (χ1) is 10.2.